The van der Waals surface area contributed by atoms with Crippen molar-refractivity contribution in [3.05, 3.63) is 84.4 Å². The van der Waals surface area contributed by atoms with E-state index < -0.39 is 21.8 Å². The molecule has 0 saturated carbocycles. The first kappa shape index (κ1) is 24.7. The van der Waals surface area contributed by atoms with Crippen LogP contribution in [-0.4, -0.2) is 40.4 Å². The first-order chi connectivity index (χ1) is 16.9. The molecule has 9 heteroatoms. The van der Waals surface area contributed by atoms with E-state index in [1.54, 1.807) is 12.1 Å². The van der Waals surface area contributed by atoms with Gasteiger partial charge in [0.25, 0.3) is 5.91 Å². The number of hydrogen-bond acceptors (Lipinski definition) is 7. The average Bonchev–Trinajstić information content (AvgIpc) is 2.89. The molecule has 0 bridgehead atoms. The van der Waals surface area contributed by atoms with Crippen molar-refractivity contribution >= 4 is 15.7 Å². The van der Waals surface area contributed by atoms with E-state index in [0.29, 0.717) is 37.7 Å². The summed E-state index contributed by atoms with van der Waals surface area (Å²) in [6.07, 6.45) is -0.537. The summed E-state index contributed by atoms with van der Waals surface area (Å²) >= 11 is 0. The number of ether oxygens (including phenoxy) is 4. The third kappa shape index (κ3) is 6.60. The van der Waals surface area contributed by atoms with Gasteiger partial charge in [0.1, 0.15) is 24.9 Å². The maximum Gasteiger partial charge on any atom is 0.258 e. The predicted octanol–water partition coefficient (Wildman–Crippen LogP) is 3.34. The van der Waals surface area contributed by atoms with Crippen LogP contribution in [0.4, 0.5) is 0 Å². The first-order valence-corrected chi connectivity index (χ1v) is 12.6. The molecule has 1 atom stereocenters. The quantitative estimate of drug-likeness (QED) is 0.457. The second-order valence-corrected chi connectivity index (χ2v) is 10.1. The monoisotopic (exact) mass is 497 g/mol. The lowest BCUT2D eigenvalue weighted by atomic mass is 10.0. The third-order valence-electron chi connectivity index (χ3n) is 5.53. The second-order valence-electron chi connectivity index (χ2n) is 8.19. The molecule has 1 amide bonds. The second kappa shape index (κ2) is 11.4. The molecule has 3 aromatic rings. The predicted molar refractivity (Wildman–Crippen MR) is 128 cm³/mol. The van der Waals surface area contributed by atoms with Gasteiger partial charge in [-0.2, -0.15) is 0 Å². The lowest BCUT2D eigenvalue weighted by Crippen LogP contribution is -2.38. The normalized spacial score (nSPS) is 15.3. The van der Waals surface area contributed by atoms with E-state index in [1.807, 2.05) is 30.3 Å². The Balaban J connectivity index is 1.39. The SMILES string of the molecule is NC(=O)C(CC1COCOC1)Oc1ccc(S(=O)(=O)c2ccc(OCc3ccccc3)cc2)cc1. The number of carbonyl (C=O) groups excluding carboxylic acids is 1. The number of amides is 1. The molecule has 3 aromatic carbocycles. The maximum absolute atomic E-state index is 13.0. The fourth-order valence-electron chi connectivity index (χ4n) is 3.65. The van der Waals surface area contributed by atoms with Crippen LogP contribution >= 0.6 is 0 Å². The largest absolute Gasteiger partial charge is 0.489 e. The standard InChI is InChI=1S/C26H27NO7S/c27-26(28)25(14-20-15-31-18-32-16-20)34-22-8-12-24(13-9-22)35(29,30)23-10-6-21(7-11-23)33-17-19-4-2-1-3-5-19/h1-13,20,25H,14-18H2,(H2,27,28). The van der Waals surface area contributed by atoms with Gasteiger partial charge in [0.2, 0.25) is 9.84 Å². The molecule has 2 N–H and O–H groups in total. The zero-order chi connectivity index (χ0) is 24.7. The van der Waals surface area contributed by atoms with Crippen LogP contribution in [0.5, 0.6) is 11.5 Å². The Bertz CT molecular complexity index is 1210. The number of benzene rings is 3. The molecule has 1 unspecified atom stereocenters. The summed E-state index contributed by atoms with van der Waals surface area (Å²) in [5.74, 6) is 0.292. The lowest BCUT2D eigenvalue weighted by molar-refractivity contribution is -0.138. The van der Waals surface area contributed by atoms with E-state index in [-0.39, 0.29) is 22.5 Å². The molecule has 0 spiro atoms. The zero-order valence-corrected chi connectivity index (χ0v) is 19.9. The number of nitrogens with two attached hydrogens (primary N) is 1. The van der Waals surface area contributed by atoms with Crippen LogP contribution in [0.25, 0.3) is 0 Å². The van der Waals surface area contributed by atoms with E-state index in [0.717, 1.165) is 5.56 Å². The van der Waals surface area contributed by atoms with E-state index in [1.165, 1.54) is 36.4 Å². The molecule has 1 heterocycles. The molecule has 184 valence electrons. The molecule has 0 radical (unpaired) electrons. The van der Waals surface area contributed by atoms with Crippen LogP contribution in [0.15, 0.2) is 88.7 Å². The summed E-state index contributed by atoms with van der Waals surface area (Å²) in [4.78, 5) is 12.1. The Hall–Kier alpha value is -3.40. The Morgan fingerprint density at radius 1 is 0.886 bits per heavy atom. The van der Waals surface area contributed by atoms with Crippen molar-refractivity contribution in [3.8, 4) is 11.5 Å². The number of primary amides is 1. The molecule has 8 nitrogen and oxygen atoms in total. The minimum Gasteiger partial charge on any atom is -0.489 e. The molecule has 1 fully saturated rings. The van der Waals surface area contributed by atoms with Gasteiger partial charge in [0.15, 0.2) is 6.10 Å². The Kier molecular flexibility index (Phi) is 8.02. The van der Waals surface area contributed by atoms with Crippen molar-refractivity contribution in [1.82, 2.24) is 0 Å². The Morgan fingerprint density at radius 2 is 1.46 bits per heavy atom. The van der Waals surface area contributed by atoms with Crippen LogP contribution in [0, 0.1) is 5.92 Å². The highest BCUT2D eigenvalue weighted by Crippen LogP contribution is 2.26. The van der Waals surface area contributed by atoms with Gasteiger partial charge in [0, 0.05) is 12.3 Å². The van der Waals surface area contributed by atoms with Gasteiger partial charge in [-0.05, 0) is 54.1 Å². The highest BCUT2D eigenvalue weighted by Gasteiger charge is 2.25. The van der Waals surface area contributed by atoms with E-state index in [2.05, 4.69) is 0 Å². The number of carbonyl (C=O) groups is 1. The first-order valence-electron chi connectivity index (χ1n) is 11.2. The Morgan fingerprint density at radius 3 is 2.03 bits per heavy atom. The molecule has 4 rings (SSSR count). The number of rotatable bonds is 10. The summed E-state index contributed by atoms with van der Waals surface area (Å²) in [6.45, 7) is 1.54. The molecule has 0 aliphatic carbocycles. The highest BCUT2D eigenvalue weighted by atomic mass is 32.2. The topological polar surface area (TPSA) is 114 Å². The molecule has 35 heavy (non-hydrogen) atoms. The summed E-state index contributed by atoms with van der Waals surface area (Å²) in [6, 6.07) is 21.9. The summed E-state index contributed by atoms with van der Waals surface area (Å²) in [7, 11) is -3.74. The summed E-state index contributed by atoms with van der Waals surface area (Å²) < 4.78 is 48.0. The smallest absolute Gasteiger partial charge is 0.258 e. The van der Waals surface area contributed by atoms with Gasteiger partial charge in [-0.25, -0.2) is 8.42 Å². The Labute approximate surface area is 204 Å². The van der Waals surface area contributed by atoms with Crippen molar-refractivity contribution < 1.29 is 32.2 Å². The molecule has 0 aromatic heterocycles. The summed E-state index contributed by atoms with van der Waals surface area (Å²) in [5.41, 5.74) is 6.51. The van der Waals surface area contributed by atoms with Crippen LogP contribution in [0.1, 0.15) is 12.0 Å². The van der Waals surface area contributed by atoms with Crippen molar-refractivity contribution in [1.29, 1.82) is 0 Å². The minimum absolute atomic E-state index is 0.0134. The third-order valence-corrected chi connectivity index (χ3v) is 7.32. The molecular weight excluding hydrogens is 470 g/mol. The molecule has 1 saturated heterocycles. The van der Waals surface area contributed by atoms with E-state index in [4.69, 9.17) is 24.7 Å². The van der Waals surface area contributed by atoms with Crippen molar-refractivity contribution in [2.75, 3.05) is 20.0 Å². The van der Waals surface area contributed by atoms with Crippen LogP contribution in [0.3, 0.4) is 0 Å². The lowest BCUT2D eigenvalue weighted by Gasteiger charge is -2.25. The van der Waals surface area contributed by atoms with Crippen LogP contribution in [0.2, 0.25) is 0 Å². The molecular formula is C26H27NO7S. The fraction of sp³-hybridized carbons (Fsp3) is 0.269. The highest BCUT2D eigenvalue weighted by molar-refractivity contribution is 7.91. The van der Waals surface area contributed by atoms with Gasteiger partial charge < -0.3 is 24.7 Å². The van der Waals surface area contributed by atoms with Crippen molar-refractivity contribution in [2.24, 2.45) is 11.7 Å². The van der Waals surface area contributed by atoms with E-state index >= 15 is 0 Å². The maximum atomic E-state index is 13.0. The average molecular weight is 498 g/mol. The van der Waals surface area contributed by atoms with Gasteiger partial charge in [-0.3, -0.25) is 4.79 Å². The van der Waals surface area contributed by atoms with E-state index in [9.17, 15) is 13.2 Å². The fourth-order valence-corrected chi connectivity index (χ4v) is 4.91. The number of hydrogen-bond donors (Lipinski definition) is 1. The van der Waals surface area contributed by atoms with Crippen LogP contribution < -0.4 is 15.2 Å². The molecule has 1 aliphatic rings. The number of sulfone groups is 1. The van der Waals surface area contributed by atoms with Gasteiger partial charge in [-0.1, -0.05) is 30.3 Å². The van der Waals surface area contributed by atoms with Gasteiger partial charge >= 0.3 is 0 Å². The molecule has 1 aliphatic heterocycles. The van der Waals surface area contributed by atoms with Crippen molar-refractivity contribution in [3.63, 3.8) is 0 Å². The summed E-state index contributed by atoms with van der Waals surface area (Å²) in [5, 5.41) is 0. The van der Waals surface area contributed by atoms with Gasteiger partial charge in [-0.15, -0.1) is 0 Å². The van der Waals surface area contributed by atoms with Crippen molar-refractivity contribution in [2.45, 2.75) is 28.9 Å². The minimum atomic E-state index is -3.74. The van der Waals surface area contributed by atoms with Crippen LogP contribution in [-0.2, 0) is 30.7 Å². The zero-order valence-electron chi connectivity index (χ0n) is 19.0. The van der Waals surface area contributed by atoms with Gasteiger partial charge in [0.05, 0.1) is 23.0 Å².